The minimum Gasteiger partial charge on any atom is -0.358 e. The van der Waals surface area contributed by atoms with Crippen LogP contribution in [0.4, 0.5) is 23.0 Å². The number of aromatic nitrogens is 2. The molecule has 2 aromatic carbocycles. The first kappa shape index (κ1) is 22.9. The minimum absolute atomic E-state index is 0.586. The first-order valence-corrected chi connectivity index (χ1v) is 11.7. The summed E-state index contributed by atoms with van der Waals surface area (Å²) in [4.78, 5) is 18.5. The molecule has 4 aromatic rings. The summed E-state index contributed by atoms with van der Waals surface area (Å²) in [5.41, 5.74) is 7.78. The molecule has 6 nitrogen and oxygen atoms in total. The molecule has 1 aliphatic rings. The van der Waals surface area contributed by atoms with Gasteiger partial charge in [-0.15, -0.1) is 0 Å². The van der Waals surface area contributed by atoms with Crippen LogP contribution in [0, 0.1) is 13.8 Å². The number of aryl methyl sites for hydroxylation is 2. The smallest absolute Gasteiger partial charge is 0.175 e. The van der Waals surface area contributed by atoms with Gasteiger partial charge in [-0.25, -0.2) is 15.0 Å². The van der Waals surface area contributed by atoms with E-state index in [4.69, 9.17) is 9.98 Å². The van der Waals surface area contributed by atoms with Crippen LogP contribution < -0.4 is 10.6 Å². The Morgan fingerprint density at radius 3 is 1.86 bits per heavy atom. The molecule has 5 rings (SSSR count). The molecule has 36 heavy (non-hydrogen) atoms. The molecule has 0 amide bonds. The topological polar surface area (TPSA) is 74.6 Å². The van der Waals surface area contributed by atoms with E-state index in [1.165, 1.54) is 11.1 Å². The lowest BCUT2D eigenvalue weighted by atomic mass is 10.1. The summed E-state index contributed by atoms with van der Waals surface area (Å²) >= 11 is 0. The quantitative estimate of drug-likeness (QED) is 0.327. The van der Waals surface area contributed by atoms with Crippen molar-refractivity contribution in [3.8, 4) is 0 Å². The van der Waals surface area contributed by atoms with Gasteiger partial charge in [0.25, 0.3) is 0 Å². The summed E-state index contributed by atoms with van der Waals surface area (Å²) < 4.78 is 0. The predicted molar refractivity (Wildman–Crippen MR) is 150 cm³/mol. The summed E-state index contributed by atoms with van der Waals surface area (Å²) in [5.74, 6) is 1.24. The van der Waals surface area contributed by atoms with Crippen molar-refractivity contribution in [2.75, 3.05) is 10.6 Å². The predicted octanol–water partition coefficient (Wildman–Crippen LogP) is 7.12. The van der Waals surface area contributed by atoms with Crippen LogP contribution in [-0.4, -0.2) is 22.4 Å². The Hall–Kier alpha value is -4.84. The van der Waals surface area contributed by atoms with Crippen molar-refractivity contribution in [3.05, 3.63) is 120 Å². The number of rotatable bonds is 2. The zero-order valence-electron chi connectivity index (χ0n) is 20.2. The largest absolute Gasteiger partial charge is 0.358 e. The highest BCUT2D eigenvalue weighted by atomic mass is 15.0. The van der Waals surface area contributed by atoms with Crippen LogP contribution in [0.1, 0.15) is 22.3 Å². The van der Waals surface area contributed by atoms with Gasteiger partial charge in [0.1, 0.15) is 5.69 Å². The zero-order valence-corrected chi connectivity index (χ0v) is 20.2. The average molecular weight is 471 g/mol. The normalized spacial score (nSPS) is 17.1. The first-order valence-electron chi connectivity index (χ1n) is 11.7. The fraction of sp³-hybridized carbons (Fsp3) is 0.0667. The Morgan fingerprint density at radius 2 is 1.17 bits per heavy atom. The van der Waals surface area contributed by atoms with E-state index >= 15 is 0 Å². The second-order valence-electron chi connectivity index (χ2n) is 8.48. The van der Waals surface area contributed by atoms with E-state index in [0.29, 0.717) is 11.6 Å². The third kappa shape index (κ3) is 5.45. The van der Waals surface area contributed by atoms with Crippen molar-refractivity contribution in [2.24, 2.45) is 9.98 Å². The SMILES string of the molecule is Cc1ccc(/C2=C\Nc3cccnc3/N=C/C(c3ccc(C)cc3)=C/Nc3ncccc3N=C2)cc1. The molecule has 0 radical (unpaired) electrons. The molecule has 0 saturated heterocycles. The number of nitrogens with one attached hydrogen (secondary N) is 2. The van der Waals surface area contributed by atoms with Crippen molar-refractivity contribution in [1.29, 1.82) is 0 Å². The van der Waals surface area contributed by atoms with Crippen molar-refractivity contribution in [3.63, 3.8) is 0 Å². The number of benzene rings is 2. The second kappa shape index (κ2) is 10.6. The Labute approximate surface area is 210 Å². The summed E-state index contributed by atoms with van der Waals surface area (Å²) in [6.07, 6.45) is 11.0. The third-order valence-electron chi connectivity index (χ3n) is 5.76. The van der Waals surface area contributed by atoms with Gasteiger partial charge in [0.15, 0.2) is 11.6 Å². The molecule has 0 bridgehead atoms. The van der Waals surface area contributed by atoms with E-state index in [0.717, 1.165) is 33.6 Å². The minimum atomic E-state index is 0.586. The Morgan fingerprint density at radius 1 is 0.583 bits per heavy atom. The first-order chi connectivity index (χ1) is 17.7. The van der Waals surface area contributed by atoms with E-state index in [9.17, 15) is 0 Å². The number of anilines is 2. The van der Waals surface area contributed by atoms with E-state index in [2.05, 4.69) is 83.0 Å². The molecule has 0 unspecified atom stereocenters. The number of nitrogens with zero attached hydrogens (tertiary/aromatic N) is 4. The van der Waals surface area contributed by atoms with Gasteiger partial charge in [-0.3, -0.25) is 4.99 Å². The molecule has 2 aromatic heterocycles. The van der Waals surface area contributed by atoms with E-state index in [-0.39, 0.29) is 0 Å². The molecule has 0 spiro atoms. The number of hydrogen-bond acceptors (Lipinski definition) is 6. The van der Waals surface area contributed by atoms with Crippen LogP contribution in [0.3, 0.4) is 0 Å². The Balaban J connectivity index is 1.63. The standard InChI is InChI=1S/C30H26N6/c1-21-7-11-23(12-8-21)25-17-33-27-5-3-15-31-29(27)35-19-26(24-13-9-22(2)10-14-24)20-36-30-28(34-18-25)6-4-16-32-30/h3-20,33H,1-2H3,(H,32,36)/b25-17-,26-20-,34-18?,35-19+. The molecule has 0 saturated carbocycles. The van der Waals surface area contributed by atoms with Crippen molar-refractivity contribution >= 4 is 46.6 Å². The highest BCUT2D eigenvalue weighted by molar-refractivity contribution is 6.12. The molecular formula is C30H26N6. The van der Waals surface area contributed by atoms with Crippen molar-refractivity contribution in [2.45, 2.75) is 13.8 Å². The summed E-state index contributed by atoms with van der Waals surface area (Å²) in [7, 11) is 0. The van der Waals surface area contributed by atoms with Crippen molar-refractivity contribution < 1.29 is 0 Å². The van der Waals surface area contributed by atoms with E-state index in [1.54, 1.807) is 12.4 Å². The maximum absolute atomic E-state index is 4.78. The molecule has 0 aliphatic carbocycles. The molecule has 1 aliphatic heterocycles. The maximum atomic E-state index is 4.78. The Kier molecular flexibility index (Phi) is 6.76. The van der Waals surface area contributed by atoms with Crippen molar-refractivity contribution in [1.82, 2.24) is 9.97 Å². The van der Waals surface area contributed by atoms with Gasteiger partial charge in [-0.2, -0.15) is 0 Å². The number of hydrogen-bond donors (Lipinski definition) is 2. The van der Waals surface area contributed by atoms with Gasteiger partial charge in [-0.05, 0) is 49.2 Å². The van der Waals surface area contributed by atoms with Gasteiger partial charge in [0, 0.05) is 48.4 Å². The van der Waals surface area contributed by atoms with E-state index in [1.807, 2.05) is 49.1 Å². The van der Waals surface area contributed by atoms with Crippen LogP contribution in [-0.2, 0) is 0 Å². The maximum Gasteiger partial charge on any atom is 0.175 e. The number of pyridine rings is 2. The Bertz CT molecular complexity index is 1360. The number of aliphatic imine (C=N–C) groups is 2. The summed E-state index contributed by atoms with van der Waals surface area (Å²) in [6, 6.07) is 24.3. The zero-order chi connectivity index (χ0) is 24.7. The molecule has 2 N–H and O–H groups in total. The monoisotopic (exact) mass is 470 g/mol. The fourth-order valence-electron chi connectivity index (χ4n) is 3.68. The average Bonchev–Trinajstić information content (AvgIpc) is 2.91. The lowest BCUT2D eigenvalue weighted by Crippen LogP contribution is -1.98. The number of allylic oxidation sites excluding steroid dienone is 2. The van der Waals surface area contributed by atoms with Gasteiger partial charge >= 0.3 is 0 Å². The van der Waals surface area contributed by atoms with Crippen LogP contribution in [0.2, 0.25) is 0 Å². The summed E-state index contributed by atoms with van der Waals surface area (Å²) in [6.45, 7) is 4.14. The molecule has 6 heteroatoms. The van der Waals surface area contributed by atoms with E-state index < -0.39 is 0 Å². The van der Waals surface area contributed by atoms with Gasteiger partial charge < -0.3 is 10.6 Å². The fourth-order valence-corrected chi connectivity index (χ4v) is 3.68. The lowest BCUT2D eigenvalue weighted by Gasteiger charge is -2.10. The summed E-state index contributed by atoms with van der Waals surface area (Å²) in [5, 5.41) is 6.72. The van der Waals surface area contributed by atoms with Gasteiger partial charge in [0.05, 0.1) is 5.69 Å². The highest BCUT2D eigenvalue weighted by Gasteiger charge is 2.07. The lowest BCUT2D eigenvalue weighted by molar-refractivity contribution is 1.27. The van der Waals surface area contributed by atoms with Crippen LogP contribution in [0.25, 0.3) is 11.1 Å². The van der Waals surface area contributed by atoms with Gasteiger partial charge in [-0.1, -0.05) is 59.7 Å². The molecule has 3 heterocycles. The second-order valence-corrected chi connectivity index (χ2v) is 8.48. The van der Waals surface area contributed by atoms with Crippen LogP contribution in [0.5, 0.6) is 0 Å². The number of fused-ring (bicyclic) bond motifs is 2. The van der Waals surface area contributed by atoms with Crippen LogP contribution >= 0.6 is 0 Å². The molecule has 0 fully saturated rings. The third-order valence-corrected chi connectivity index (χ3v) is 5.76. The van der Waals surface area contributed by atoms with Gasteiger partial charge in [0.2, 0.25) is 0 Å². The highest BCUT2D eigenvalue weighted by Crippen LogP contribution is 2.27. The van der Waals surface area contributed by atoms with Crippen LogP contribution in [0.15, 0.2) is 108 Å². The molecular weight excluding hydrogens is 444 g/mol. The molecule has 176 valence electrons. The molecule has 0 atom stereocenters.